The Kier molecular flexibility index (Phi) is 4.41. The molecule has 170 valence electrons. The van der Waals surface area contributed by atoms with Gasteiger partial charge < -0.3 is 11.1 Å². The van der Waals surface area contributed by atoms with Gasteiger partial charge in [-0.05, 0) is 49.1 Å². The van der Waals surface area contributed by atoms with Crippen molar-refractivity contribution in [1.29, 1.82) is 0 Å². The fourth-order valence-electron chi connectivity index (χ4n) is 5.29. The molecule has 35 heavy (non-hydrogen) atoms. The van der Waals surface area contributed by atoms with Crippen molar-refractivity contribution in [3.05, 3.63) is 103 Å². The van der Waals surface area contributed by atoms with Gasteiger partial charge in [0.2, 0.25) is 0 Å². The Morgan fingerprint density at radius 3 is 2.34 bits per heavy atom. The molecule has 0 spiro atoms. The van der Waals surface area contributed by atoms with Crippen molar-refractivity contribution in [2.24, 2.45) is 5.73 Å². The molecule has 0 amide bonds. The van der Waals surface area contributed by atoms with Crippen molar-refractivity contribution in [3.8, 4) is 39.6 Å². The van der Waals surface area contributed by atoms with Gasteiger partial charge in [0.15, 0.2) is 5.82 Å². The van der Waals surface area contributed by atoms with E-state index in [4.69, 9.17) is 10.7 Å². The average molecular weight is 456 g/mol. The van der Waals surface area contributed by atoms with Crippen molar-refractivity contribution in [3.63, 3.8) is 0 Å². The standard InChI is InChI=1S/C30H25N5/c31-30(17-7-18-30)22-15-13-21(14-16-22)27-26(20-8-2-1-3-9-20)34-29-23-10-4-5-11-24(23)33-28-25(35(27)29)12-6-19-32-28/h1-6,8-16,19H,7,17-18,31H2,(H,32,33). The minimum atomic E-state index is -0.186. The second-order valence-corrected chi connectivity index (χ2v) is 9.46. The molecular weight excluding hydrogens is 430 g/mol. The molecule has 0 radical (unpaired) electrons. The minimum Gasteiger partial charge on any atom is -0.338 e. The van der Waals surface area contributed by atoms with E-state index in [1.54, 1.807) is 0 Å². The normalized spacial score (nSPS) is 15.1. The van der Waals surface area contributed by atoms with E-state index in [9.17, 15) is 0 Å². The molecular formula is C30H25N5. The number of anilines is 2. The van der Waals surface area contributed by atoms with Crippen molar-refractivity contribution in [2.75, 3.05) is 5.32 Å². The zero-order chi connectivity index (χ0) is 23.4. The molecule has 3 N–H and O–H groups in total. The fourth-order valence-corrected chi connectivity index (χ4v) is 5.29. The number of nitrogens with two attached hydrogens (primary N) is 1. The number of para-hydroxylation sites is 1. The summed E-state index contributed by atoms with van der Waals surface area (Å²) in [6.45, 7) is 0. The first-order chi connectivity index (χ1) is 17.2. The van der Waals surface area contributed by atoms with Gasteiger partial charge in [-0.25, -0.2) is 9.97 Å². The zero-order valence-electron chi connectivity index (χ0n) is 19.3. The fraction of sp³-hybridized carbons (Fsp3) is 0.133. The smallest absolute Gasteiger partial charge is 0.154 e. The lowest BCUT2D eigenvalue weighted by Crippen LogP contribution is -2.43. The topological polar surface area (TPSA) is 68.8 Å². The number of aromatic nitrogens is 3. The first-order valence-electron chi connectivity index (χ1n) is 12.1. The maximum atomic E-state index is 6.63. The first-order valence-corrected chi connectivity index (χ1v) is 12.1. The lowest BCUT2D eigenvalue weighted by atomic mass is 9.72. The third-order valence-electron chi connectivity index (χ3n) is 7.35. The highest BCUT2D eigenvalue weighted by Gasteiger charge is 2.34. The third kappa shape index (κ3) is 3.12. The number of fused-ring (bicyclic) bond motifs is 5. The molecule has 0 unspecified atom stereocenters. The highest BCUT2D eigenvalue weighted by molar-refractivity contribution is 5.90. The molecule has 2 aliphatic rings. The molecule has 0 bridgehead atoms. The van der Waals surface area contributed by atoms with E-state index in [-0.39, 0.29) is 5.54 Å². The van der Waals surface area contributed by atoms with Gasteiger partial charge in [0.25, 0.3) is 0 Å². The molecule has 5 aromatic rings. The van der Waals surface area contributed by atoms with Crippen LogP contribution in [0.4, 0.5) is 11.5 Å². The summed E-state index contributed by atoms with van der Waals surface area (Å²) >= 11 is 0. The Balaban J connectivity index is 1.53. The lowest BCUT2D eigenvalue weighted by molar-refractivity contribution is 0.253. The van der Waals surface area contributed by atoms with E-state index in [0.29, 0.717) is 0 Å². The molecule has 3 aromatic carbocycles. The number of rotatable bonds is 3. The van der Waals surface area contributed by atoms with Crippen molar-refractivity contribution in [1.82, 2.24) is 14.5 Å². The van der Waals surface area contributed by atoms with Crippen LogP contribution < -0.4 is 11.1 Å². The van der Waals surface area contributed by atoms with Crippen LogP contribution in [0.15, 0.2) is 97.2 Å². The van der Waals surface area contributed by atoms with E-state index >= 15 is 0 Å². The molecule has 1 aliphatic heterocycles. The lowest BCUT2D eigenvalue weighted by Gasteiger charge is -2.38. The van der Waals surface area contributed by atoms with E-state index in [2.05, 4.69) is 87.7 Å². The Hall–Kier alpha value is -4.22. The highest BCUT2D eigenvalue weighted by Crippen LogP contribution is 2.45. The third-order valence-corrected chi connectivity index (χ3v) is 7.35. The predicted octanol–water partition coefficient (Wildman–Crippen LogP) is 6.66. The van der Waals surface area contributed by atoms with E-state index in [1.807, 2.05) is 24.4 Å². The Morgan fingerprint density at radius 2 is 1.57 bits per heavy atom. The molecule has 1 fully saturated rings. The van der Waals surface area contributed by atoms with Crippen LogP contribution in [0.5, 0.6) is 0 Å². The van der Waals surface area contributed by atoms with Crippen molar-refractivity contribution < 1.29 is 0 Å². The quantitative estimate of drug-likeness (QED) is 0.313. The van der Waals surface area contributed by atoms with Crippen molar-refractivity contribution >= 4 is 11.5 Å². The maximum absolute atomic E-state index is 6.63. The molecule has 2 aromatic heterocycles. The number of nitrogens with one attached hydrogen (secondary N) is 1. The van der Waals surface area contributed by atoms with E-state index < -0.39 is 0 Å². The summed E-state index contributed by atoms with van der Waals surface area (Å²) < 4.78 is 2.25. The Labute approximate surface area is 204 Å². The van der Waals surface area contributed by atoms with Crippen LogP contribution in [0, 0.1) is 0 Å². The van der Waals surface area contributed by atoms with Gasteiger partial charge in [-0.3, -0.25) is 4.57 Å². The molecule has 1 aliphatic carbocycles. The highest BCUT2D eigenvalue weighted by atomic mass is 15.2. The van der Waals surface area contributed by atoms with Crippen LogP contribution in [-0.4, -0.2) is 14.5 Å². The molecule has 3 heterocycles. The number of hydrogen-bond donors (Lipinski definition) is 2. The monoisotopic (exact) mass is 455 g/mol. The van der Waals surface area contributed by atoms with Crippen LogP contribution in [0.2, 0.25) is 0 Å². The number of imidazole rings is 1. The summed E-state index contributed by atoms with van der Waals surface area (Å²) in [6, 6.07) is 31.5. The molecule has 0 atom stereocenters. The molecule has 0 saturated heterocycles. The second-order valence-electron chi connectivity index (χ2n) is 9.46. The zero-order valence-corrected chi connectivity index (χ0v) is 19.3. The molecule has 7 rings (SSSR count). The number of benzene rings is 3. The number of hydrogen-bond acceptors (Lipinski definition) is 4. The van der Waals surface area contributed by atoms with Gasteiger partial charge in [-0.1, -0.05) is 66.7 Å². The summed E-state index contributed by atoms with van der Waals surface area (Å²) in [7, 11) is 0. The predicted molar refractivity (Wildman–Crippen MR) is 141 cm³/mol. The molecule has 5 heteroatoms. The summed E-state index contributed by atoms with van der Waals surface area (Å²) in [5.41, 5.74) is 14.8. The second kappa shape index (κ2) is 7.65. The van der Waals surface area contributed by atoms with Gasteiger partial charge in [-0.15, -0.1) is 0 Å². The van der Waals surface area contributed by atoms with Crippen LogP contribution in [-0.2, 0) is 5.54 Å². The van der Waals surface area contributed by atoms with Crippen LogP contribution >= 0.6 is 0 Å². The first kappa shape index (κ1) is 20.2. The SMILES string of the molecule is NC1(c2ccc(-c3c(-c4ccccc4)nc4n3-c3cccnc3Nc3ccccc3-4)cc2)CCC1. The van der Waals surface area contributed by atoms with Gasteiger partial charge in [0.1, 0.15) is 5.82 Å². The Morgan fingerprint density at radius 1 is 0.800 bits per heavy atom. The van der Waals surface area contributed by atoms with E-state index in [1.165, 1.54) is 12.0 Å². The average Bonchev–Trinajstić information content (AvgIpc) is 3.22. The minimum absolute atomic E-state index is 0.186. The van der Waals surface area contributed by atoms with Crippen LogP contribution in [0.1, 0.15) is 24.8 Å². The van der Waals surface area contributed by atoms with Gasteiger partial charge >= 0.3 is 0 Å². The van der Waals surface area contributed by atoms with Crippen molar-refractivity contribution in [2.45, 2.75) is 24.8 Å². The van der Waals surface area contributed by atoms with Gasteiger partial charge in [-0.2, -0.15) is 0 Å². The summed E-state index contributed by atoms with van der Waals surface area (Å²) in [5, 5.41) is 3.53. The number of pyridine rings is 1. The largest absolute Gasteiger partial charge is 0.338 e. The molecule has 5 nitrogen and oxygen atoms in total. The van der Waals surface area contributed by atoms with Gasteiger partial charge in [0, 0.05) is 28.4 Å². The maximum Gasteiger partial charge on any atom is 0.154 e. The van der Waals surface area contributed by atoms with E-state index in [0.717, 1.165) is 63.9 Å². The van der Waals surface area contributed by atoms with Gasteiger partial charge in [0.05, 0.1) is 22.8 Å². The molecule has 1 saturated carbocycles. The van der Waals surface area contributed by atoms with Crippen LogP contribution in [0.3, 0.4) is 0 Å². The summed E-state index contributed by atoms with van der Waals surface area (Å²) in [5.74, 6) is 1.70. The number of nitrogens with zero attached hydrogens (tertiary/aromatic N) is 3. The van der Waals surface area contributed by atoms with Crippen LogP contribution in [0.25, 0.3) is 39.6 Å². The summed E-state index contributed by atoms with van der Waals surface area (Å²) in [6.07, 6.45) is 5.11. The Bertz CT molecular complexity index is 1550. The summed E-state index contributed by atoms with van der Waals surface area (Å²) in [4.78, 5) is 9.95.